The molecular formula is C19H34N2. The van der Waals surface area contributed by atoms with Gasteiger partial charge in [-0.25, -0.2) is 0 Å². The summed E-state index contributed by atoms with van der Waals surface area (Å²) in [6.45, 7) is 5.64. The number of nitrogens with zero attached hydrogens (tertiary/aromatic N) is 1. The summed E-state index contributed by atoms with van der Waals surface area (Å²) in [7, 11) is 0. The second-order valence-electron chi connectivity index (χ2n) is 6.13. The topological polar surface area (TPSA) is 24.9 Å². The van der Waals surface area contributed by atoms with Crippen LogP contribution in [0.5, 0.6) is 0 Å². The highest BCUT2D eigenvalue weighted by molar-refractivity contribution is 5.10. The van der Waals surface area contributed by atoms with E-state index in [9.17, 15) is 0 Å². The second-order valence-corrected chi connectivity index (χ2v) is 6.13. The highest BCUT2D eigenvalue weighted by Crippen LogP contribution is 2.12. The second kappa shape index (κ2) is 12.8. The third kappa shape index (κ3) is 9.62. The summed E-state index contributed by atoms with van der Waals surface area (Å²) >= 11 is 0. The fourth-order valence-electron chi connectivity index (χ4n) is 2.78. The molecule has 0 fully saturated rings. The number of aromatic nitrogens is 1. The molecular weight excluding hydrogens is 256 g/mol. The van der Waals surface area contributed by atoms with Gasteiger partial charge in [-0.05, 0) is 37.4 Å². The lowest BCUT2D eigenvalue weighted by atomic mass is 10.00. The van der Waals surface area contributed by atoms with Crippen molar-refractivity contribution in [2.24, 2.45) is 0 Å². The highest BCUT2D eigenvalue weighted by atomic mass is 14.9. The predicted molar refractivity (Wildman–Crippen MR) is 92.6 cm³/mol. The van der Waals surface area contributed by atoms with E-state index in [4.69, 9.17) is 0 Å². The number of pyridine rings is 1. The molecule has 1 rings (SSSR count). The van der Waals surface area contributed by atoms with Crippen molar-refractivity contribution in [3.63, 3.8) is 0 Å². The summed E-state index contributed by atoms with van der Waals surface area (Å²) < 4.78 is 0. The summed E-state index contributed by atoms with van der Waals surface area (Å²) in [5, 5.41) is 3.70. The number of nitrogens with one attached hydrogen (secondary N) is 1. The minimum Gasteiger partial charge on any atom is -0.314 e. The van der Waals surface area contributed by atoms with Crippen molar-refractivity contribution in [1.82, 2.24) is 10.3 Å². The average Bonchev–Trinajstić information content (AvgIpc) is 2.52. The van der Waals surface area contributed by atoms with Crippen molar-refractivity contribution in [2.45, 2.75) is 84.1 Å². The molecule has 0 aromatic carbocycles. The summed E-state index contributed by atoms with van der Waals surface area (Å²) in [6.07, 6.45) is 17.2. The van der Waals surface area contributed by atoms with Gasteiger partial charge in [0.05, 0.1) is 0 Å². The van der Waals surface area contributed by atoms with E-state index in [2.05, 4.69) is 30.2 Å². The minimum atomic E-state index is 0.616. The molecule has 1 aromatic rings. The van der Waals surface area contributed by atoms with Gasteiger partial charge < -0.3 is 5.32 Å². The van der Waals surface area contributed by atoms with E-state index < -0.39 is 0 Å². The first-order valence-electron chi connectivity index (χ1n) is 8.99. The highest BCUT2D eigenvalue weighted by Gasteiger charge is 2.08. The quantitative estimate of drug-likeness (QED) is 0.509. The lowest BCUT2D eigenvalue weighted by molar-refractivity contribution is 0.449. The molecule has 0 spiro atoms. The molecule has 0 saturated heterocycles. The van der Waals surface area contributed by atoms with Crippen molar-refractivity contribution >= 4 is 0 Å². The zero-order valence-corrected chi connectivity index (χ0v) is 14.1. The van der Waals surface area contributed by atoms with Crippen LogP contribution in [0.3, 0.4) is 0 Å². The van der Waals surface area contributed by atoms with Crippen LogP contribution in [0.2, 0.25) is 0 Å². The molecule has 1 unspecified atom stereocenters. The lowest BCUT2D eigenvalue weighted by Gasteiger charge is -2.18. The Bertz CT molecular complexity index is 324. The van der Waals surface area contributed by atoms with Gasteiger partial charge in [0.25, 0.3) is 0 Å². The molecule has 120 valence electrons. The standard InChI is InChI=1S/C19H34N2/c1-3-5-6-7-8-9-10-13-19(21-14-4-2)16-18-12-11-15-20-17-18/h11-12,15,17,19,21H,3-10,13-14,16H2,1-2H3. The molecule has 1 aromatic heterocycles. The average molecular weight is 290 g/mol. The van der Waals surface area contributed by atoms with Gasteiger partial charge in [-0.2, -0.15) is 0 Å². The molecule has 0 radical (unpaired) electrons. The van der Waals surface area contributed by atoms with Gasteiger partial charge in [0.2, 0.25) is 0 Å². The van der Waals surface area contributed by atoms with E-state index in [1.165, 1.54) is 63.4 Å². The summed E-state index contributed by atoms with van der Waals surface area (Å²) in [6, 6.07) is 4.85. The normalized spacial score (nSPS) is 12.5. The van der Waals surface area contributed by atoms with Gasteiger partial charge in [-0.15, -0.1) is 0 Å². The van der Waals surface area contributed by atoms with Crippen molar-refractivity contribution in [2.75, 3.05) is 6.54 Å². The van der Waals surface area contributed by atoms with Crippen LogP contribution in [-0.2, 0) is 6.42 Å². The summed E-state index contributed by atoms with van der Waals surface area (Å²) in [4.78, 5) is 4.23. The van der Waals surface area contributed by atoms with Gasteiger partial charge in [-0.1, -0.05) is 64.9 Å². The molecule has 0 aliphatic heterocycles. The first-order valence-corrected chi connectivity index (χ1v) is 8.99. The number of unbranched alkanes of at least 4 members (excludes halogenated alkanes) is 6. The first kappa shape index (κ1) is 18.2. The lowest BCUT2D eigenvalue weighted by Crippen LogP contribution is -2.31. The number of hydrogen-bond acceptors (Lipinski definition) is 2. The third-order valence-electron chi connectivity index (χ3n) is 4.04. The Labute approximate surface area is 131 Å². The van der Waals surface area contributed by atoms with Crippen molar-refractivity contribution in [1.29, 1.82) is 0 Å². The van der Waals surface area contributed by atoms with Crippen molar-refractivity contribution in [3.05, 3.63) is 30.1 Å². The van der Waals surface area contributed by atoms with Gasteiger partial charge in [-0.3, -0.25) is 4.98 Å². The van der Waals surface area contributed by atoms with Crippen molar-refractivity contribution < 1.29 is 0 Å². The SMILES string of the molecule is CCCCCCCCCC(Cc1cccnc1)NCCC. The van der Waals surface area contributed by atoms with E-state index in [1.54, 1.807) is 0 Å². The fraction of sp³-hybridized carbons (Fsp3) is 0.737. The fourth-order valence-corrected chi connectivity index (χ4v) is 2.78. The maximum absolute atomic E-state index is 4.23. The van der Waals surface area contributed by atoms with Gasteiger partial charge in [0, 0.05) is 18.4 Å². The first-order chi connectivity index (χ1) is 10.4. The smallest absolute Gasteiger partial charge is 0.0300 e. The van der Waals surface area contributed by atoms with Gasteiger partial charge >= 0.3 is 0 Å². The Morgan fingerprint density at radius 3 is 2.43 bits per heavy atom. The molecule has 1 heterocycles. The van der Waals surface area contributed by atoms with Crippen LogP contribution in [0.1, 0.15) is 77.2 Å². The zero-order valence-electron chi connectivity index (χ0n) is 14.1. The maximum Gasteiger partial charge on any atom is 0.0300 e. The Morgan fingerprint density at radius 1 is 1.00 bits per heavy atom. The Morgan fingerprint density at radius 2 is 1.76 bits per heavy atom. The molecule has 0 amide bonds. The number of rotatable bonds is 13. The Hall–Kier alpha value is -0.890. The van der Waals surface area contributed by atoms with Crippen molar-refractivity contribution in [3.8, 4) is 0 Å². The summed E-state index contributed by atoms with van der Waals surface area (Å²) in [5.74, 6) is 0. The molecule has 0 saturated carbocycles. The largest absolute Gasteiger partial charge is 0.314 e. The van der Waals surface area contributed by atoms with Crippen LogP contribution < -0.4 is 5.32 Å². The van der Waals surface area contributed by atoms with Crippen LogP contribution >= 0.6 is 0 Å². The molecule has 2 heteroatoms. The van der Waals surface area contributed by atoms with Crippen LogP contribution in [0.4, 0.5) is 0 Å². The van der Waals surface area contributed by atoms with Gasteiger partial charge in [0.1, 0.15) is 0 Å². The van der Waals surface area contributed by atoms with Crippen LogP contribution in [-0.4, -0.2) is 17.6 Å². The Kier molecular flexibility index (Phi) is 11.1. The van der Waals surface area contributed by atoms with Gasteiger partial charge in [0.15, 0.2) is 0 Å². The third-order valence-corrected chi connectivity index (χ3v) is 4.04. The van der Waals surface area contributed by atoms with Crippen LogP contribution in [0, 0.1) is 0 Å². The molecule has 1 N–H and O–H groups in total. The summed E-state index contributed by atoms with van der Waals surface area (Å²) in [5.41, 5.74) is 1.36. The number of hydrogen-bond donors (Lipinski definition) is 1. The molecule has 2 nitrogen and oxygen atoms in total. The molecule has 0 aliphatic rings. The minimum absolute atomic E-state index is 0.616. The molecule has 0 aliphatic carbocycles. The maximum atomic E-state index is 4.23. The molecule has 1 atom stereocenters. The zero-order chi connectivity index (χ0) is 15.2. The van der Waals surface area contributed by atoms with E-state index in [1.807, 2.05) is 18.5 Å². The van der Waals surface area contributed by atoms with E-state index in [0.717, 1.165) is 13.0 Å². The Balaban J connectivity index is 2.20. The van der Waals surface area contributed by atoms with Crippen LogP contribution in [0.15, 0.2) is 24.5 Å². The molecule has 21 heavy (non-hydrogen) atoms. The van der Waals surface area contributed by atoms with E-state index >= 15 is 0 Å². The van der Waals surface area contributed by atoms with Crippen LogP contribution in [0.25, 0.3) is 0 Å². The molecule has 0 bridgehead atoms. The monoisotopic (exact) mass is 290 g/mol. The van der Waals surface area contributed by atoms with E-state index in [0.29, 0.717) is 6.04 Å². The predicted octanol–water partition coefficient (Wildman–Crippen LogP) is 5.13. The van der Waals surface area contributed by atoms with E-state index in [-0.39, 0.29) is 0 Å².